The van der Waals surface area contributed by atoms with Gasteiger partial charge in [-0.15, -0.1) is 11.3 Å². The Morgan fingerprint density at radius 2 is 2.16 bits per heavy atom. The molecule has 0 aromatic carbocycles. The molecule has 1 unspecified atom stereocenters. The molecule has 1 N–H and O–H groups in total. The zero-order valence-electron chi connectivity index (χ0n) is 14.1. The average molecular weight is 376 g/mol. The standard InChI is InChI=1S/C18H21N3O2S2/c1-2-25(23)16-8-7-14(12-20-16)15(11-13-5-3-4-6-13)17(22)21-18-19-9-10-24-18/h7-13H,2-6H2,1H3,(H,19,21,22). The fourth-order valence-electron chi connectivity index (χ4n) is 2.93. The van der Waals surface area contributed by atoms with Crippen LogP contribution in [0.25, 0.3) is 5.57 Å². The number of rotatable bonds is 6. The van der Waals surface area contributed by atoms with E-state index in [9.17, 15) is 9.00 Å². The maximum atomic E-state index is 12.8. The fourth-order valence-corrected chi connectivity index (χ4v) is 4.14. The Kier molecular flexibility index (Phi) is 6.09. The molecule has 3 rings (SSSR count). The summed E-state index contributed by atoms with van der Waals surface area (Å²) in [6.07, 6.45) is 9.99. The number of allylic oxidation sites excluding steroid dienone is 1. The zero-order valence-corrected chi connectivity index (χ0v) is 15.7. The summed E-state index contributed by atoms with van der Waals surface area (Å²) in [7, 11) is -1.09. The zero-order chi connectivity index (χ0) is 17.6. The Balaban J connectivity index is 1.87. The summed E-state index contributed by atoms with van der Waals surface area (Å²) in [5.41, 5.74) is 1.36. The molecule has 2 heterocycles. The number of pyridine rings is 1. The number of amides is 1. The quantitative estimate of drug-likeness (QED) is 0.778. The van der Waals surface area contributed by atoms with Crippen LogP contribution in [-0.2, 0) is 15.6 Å². The van der Waals surface area contributed by atoms with Gasteiger partial charge < -0.3 is 0 Å². The minimum Gasteiger partial charge on any atom is -0.298 e. The van der Waals surface area contributed by atoms with Crippen LogP contribution in [0.1, 0.15) is 38.2 Å². The van der Waals surface area contributed by atoms with Crippen LogP contribution in [0.4, 0.5) is 5.13 Å². The van der Waals surface area contributed by atoms with Crippen molar-refractivity contribution in [3.05, 3.63) is 41.5 Å². The van der Waals surface area contributed by atoms with E-state index in [4.69, 9.17) is 0 Å². The SMILES string of the molecule is CCS(=O)c1ccc(C(=CC2CCCC2)C(=O)Nc2nccs2)cn1. The van der Waals surface area contributed by atoms with Crippen molar-refractivity contribution in [2.45, 2.75) is 37.6 Å². The smallest absolute Gasteiger partial charge is 0.257 e. The minimum atomic E-state index is -1.09. The molecule has 2 aromatic heterocycles. The van der Waals surface area contributed by atoms with Gasteiger partial charge in [0.2, 0.25) is 0 Å². The number of aromatic nitrogens is 2. The Bertz CT molecular complexity index is 764. The molecule has 7 heteroatoms. The highest BCUT2D eigenvalue weighted by Gasteiger charge is 2.19. The van der Waals surface area contributed by atoms with Gasteiger partial charge in [-0.3, -0.25) is 14.3 Å². The summed E-state index contributed by atoms with van der Waals surface area (Å²) in [4.78, 5) is 21.2. The lowest BCUT2D eigenvalue weighted by Gasteiger charge is -2.11. The summed E-state index contributed by atoms with van der Waals surface area (Å²) < 4.78 is 11.9. The van der Waals surface area contributed by atoms with Crippen LogP contribution in [0.3, 0.4) is 0 Å². The van der Waals surface area contributed by atoms with Crippen molar-refractivity contribution >= 4 is 38.7 Å². The van der Waals surface area contributed by atoms with Gasteiger partial charge >= 0.3 is 0 Å². The number of hydrogen-bond donors (Lipinski definition) is 1. The monoisotopic (exact) mass is 375 g/mol. The van der Waals surface area contributed by atoms with E-state index < -0.39 is 10.8 Å². The first kappa shape index (κ1) is 17.9. The van der Waals surface area contributed by atoms with E-state index in [1.807, 2.05) is 18.4 Å². The van der Waals surface area contributed by atoms with Gasteiger partial charge in [-0.2, -0.15) is 0 Å². The molecular weight excluding hydrogens is 354 g/mol. The summed E-state index contributed by atoms with van der Waals surface area (Å²) in [5.74, 6) is 0.774. The highest BCUT2D eigenvalue weighted by molar-refractivity contribution is 7.84. The first-order valence-electron chi connectivity index (χ1n) is 8.45. The highest BCUT2D eigenvalue weighted by Crippen LogP contribution is 2.30. The summed E-state index contributed by atoms with van der Waals surface area (Å²) in [5, 5.41) is 5.81. The Morgan fingerprint density at radius 3 is 2.76 bits per heavy atom. The Hall–Kier alpha value is -1.86. The average Bonchev–Trinajstić information content (AvgIpc) is 3.33. The maximum absolute atomic E-state index is 12.8. The lowest BCUT2D eigenvalue weighted by atomic mass is 9.99. The Morgan fingerprint density at radius 1 is 1.36 bits per heavy atom. The molecule has 1 saturated carbocycles. The molecule has 0 aliphatic heterocycles. The fraction of sp³-hybridized carbons (Fsp3) is 0.389. The third-order valence-corrected chi connectivity index (χ3v) is 6.16. The number of thiazole rings is 1. The van der Waals surface area contributed by atoms with E-state index in [1.54, 1.807) is 18.5 Å². The van der Waals surface area contributed by atoms with Crippen molar-refractivity contribution in [3.63, 3.8) is 0 Å². The lowest BCUT2D eigenvalue weighted by Crippen LogP contribution is -2.15. The predicted octanol–water partition coefficient (Wildman–Crippen LogP) is 3.88. The Labute approximate surface area is 154 Å². The first-order valence-corrected chi connectivity index (χ1v) is 10.6. The van der Waals surface area contributed by atoms with Gasteiger partial charge in [0.15, 0.2) is 5.13 Å². The van der Waals surface area contributed by atoms with E-state index >= 15 is 0 Å². The van der Waals surface area contributed by atoms with E-state index in [-0.39, 0.29) is 5.91 Å². The molecule has 5 nitrogen and oxygen atoms in total. The second-order valence-electron chi connectivity index (χ2n) is 5.94. The van der Waals surface area contributed by atoms with E-state index in [0.29, 0.717) is 27.4 Å². The number of carbonyl (C=O) groups is 1. The van der Waals surface area contributed by atoms with Crippen LogP contribution in [0.15, 0.2) is 41.0 Å². The molecule has 132 valence electrons. The van der Waals surface area contributed by atoms with Gasteiger partial charge in [0.05, 0.1) is 10.8 Å². The topological polar surface area (TPSA) is 72.0 Å². The van der Waals surface area contributed by atoms with Crippen LogP contribution >= 0.6 is 11.3 Å². The second-order valence-corrected chi connectivity index (χ2v) is 8.52. The van der Waals surface area contributed by atoms with E-state index in [1.165, 1.54) is 24.2 Å². The first-order chi connectivity index (χ1) is 12.2. The van der Waals surface area contributed by atoms with Crippen molar-refractivity contribution in [1.29, 1.82) is 0 Å². The highest BCUT2D eigenvalue weighted by atomic mass is 32.2. The van der Waals surface area contributed by atoms with Gasteiger partial charge in [-0.25, -0.2) is 9.97 Å². The predicted molar refractivity (Wildman–Crippen MR) is 102 cm³/mol. The minimum absolute atomic E-state index is 0.173. The van der Waals surface area contributed by atoms with Crippen LogP contribution in [-0.4, -0.2) is 25.8 Å². The third-order valence-electron chi connectivity index (χ3n) is 4.24. The molecule has 0 radical (unpaired) electrons. The van der Waals surface area contributed by atoms with Crippen molar-refractivity contribution in [2.75, 3.05) is 11.1 Å². The van der Waals surface area contributed by atoms with Crippen molar-refractivity contribution in [3.8, 4) is 0 Å². The number of anilines is 1. The van der Waals surface area contributed by atoms with Crippen LogP contribution < -0.4 is 5.32 Å². The molecule has 0 saturated heterocycles. The molecule has 1 fully saturated rings. The number of nitrogens with one attached hydrogen (secondary N) is 1. The summed E-state index contributed by atoms with van der Waals surface area (Å²) in [6.45, 7) is 1.86. The normalized spacial score (nSPS) is 16.8. The lowest BCUT2D eigenvalue weighted by molar-refractivity contribution is -0.111. The number of carbonyl (C=O) groups excluding carboxylic acids is 1. The van der Waals surface area contributed by atoms with Gasteiger partial charge in [-0.05, 0) is 30.9 Å². The molecule has 1 aliphatic rings. The molecule has 2 aromatic rings. The van der Waals surface area contributed by atoms with Gasteiger partial charge in [-0.1, -0.05) is 25.8 Å². The van der Waals surface area contributed by atoms with Crippen LogP contribution in [0, 0.1) is 5.92 Å². The van der Waals surface area contributed by atoms with Crippen molar-refractivity contribution in [1.82, 2.24) is 9.97 Å². The van der Waals surface area contributed by atoms with Crippen LogP contribution in [0.2, 0.25) is 0 Å². The van der Waals surface area contributed by atoms with Gasteiger partial charge in [0.1, 0.15) is 5.03 Å². The van der Waals surface area contributed by atoms with E-state index in [2.05, 4.69) is 21.4 Å². The third kappa shape index (κ3) is 4.61. The van der Waals surface area contributed by atoms with Gasteiger partial charge in [0.25, 0.3) is 5.91 Å². The van der Waals surface area contributed by atoms with Gasteiger partial charge in [0, 0.05) is 34.7 Å². The number of nitrogens with zero attached hydrogens (tertiary/aromatic N) is 2. The second kappa shape index (κ2) is 8.49. The molecule has 0 bridgehead atoms. The molecule has 25 heavy (non-hydrogen) atoms. The summed E-state index contributed by atoms with van der Waals surface area (Å²) in [6, 6.07) is 3.58. The van der Waals surface area contributed by atoms with Crippen molar-refractivity contribution < 1.29 is 9.00 Å². The maximum Gasteiger partial charge on any atom is 0.257 e. The largest absolute Gasteiger partial charge is 0.298 e. The van der Waals surface area contributed by atoms with Crippen LogP contribution in [0.5, 0.6) is 0 Å². The molecule has 1 atom stereocenters. The number of hydrogen-bond acceptors (Lipinski definition) is 5. The molecule has 0 spiro atoms. The van der Waals surface area contributed by atoms with Crippen molar-refractivity contribution in [2.24, 2.45) is 5.92 Å². The molecule has 1 amide bonds. The van der Waals surface area contributed by atoms with E-state index in [0.717, 1.165) is 18.4 Å². The molecule has 1 aliphatic carbocycles. The molecular formula is C18H21N3O2S2. The summed E-state index contributed by atoms with van der Waals surface area (Å²) >= 11 is 1.39.